The number of benzene rings is 1. The topological polar surface area (TPSA) is 58.6 Å². The Morgan fingerprint density at radius 2 is 1.88 bits per heavy atom. The van der Waals surface area contributed by atoms with Crippen molar-refractivity contribution >= 4 is 21.8 Å². The first-order chi connectivity index (χ1) is 11.8. The predicted octanol–water partition coefficient (Wildman–Crippen LogP) is 3.66. The summed E-state index contributed by atoms with van der Waals surface area (Å²) in [6.45, 7) is 3.62. The van der Waals surface area contributed by atoms with Crippen LogP contribution in [-0.2, 0) is 4.79 Å². The highest BCUT2D eigenvalue weighted by atomic mass is 79.9. The minimum Gasteiger partial charge on any atom is -0.477 e. The number of hydrogen-bond donors (Lipinski definition) is 2. The van der Waals surface area contributed by atoms with Crippen LogP contribution in [-0.4, -0.2) is 28.3 Å². The van der Waals surface area contributed by atoms with E-state index in [0.29, 0.717) is 23.5 Å². The Kier molecular flexibility index (Phi) is 4.15. The molecule has 5 rings (SSSR count). The highest BCUT2D eigenvalue weighted by Crippen LogP contribution is 2.55. The average molecular weight is 408 g/mol. The Balaban J connectivity index is 1.46. The number of amides is 1. The highest BCUT2D eigenvalue weighted by molar-refractivity contribution is 9.10. The highest BCUT2D eigenvalue weighted by Gasteiger charge is 2.55. The summed E-state index contributed by atoms with van der Waals surface area (Å²) in [5.41, 5.74) is -1.42. The molecule has 3 unspecified atom stereocenters. The molecular weight excluding hydrogens is 382 g/mol. The third-order valence-electron chi connectivity index (χ3n) is 6.29. The van der Waals surface area contributed by atoms with Crippen LogP contribution in [0, 0.1) is 17.8 Å². The molecule has 0 heterocycles. The second-order valence-electron chi connectivity index (χ2n) is 8.74. The van der Waals surface area contributed by atoms with E-state index in [2.05, 4.69) is 21.2 Å². The van der Waals surface area contributed by atoms with Gasteiger partial charge in [0.15, 0.2) is 5.60 Å². The van der Waals surface area contributed by atoms with Gasteiger partial charge in [-0.05, 0) is 91.8 Å². The standard InChI is InChI=1S/C20H26BrNO3/c1-19(2,25-16-6-4-3-5-15(16)21)18(23)22-17-13-7-12-8-14(17)11-20(24,9-12)10-13/h3-6,12-14,17,24H,7-11H2,1-2H3,(H,22,23)/t12?,13-,14+,17?,20?. The van der Waals surface area contributed by atoms with Crippen LogP contribution in [0.3, 0.4) is 0 Å². The van der Waals surface area contributed by atoms with Crippen LogP contribution in [0.2, 0.25) is 0 Å². The zero-order valence-corrected chi connectivity index (χ0v) is 16.4. The number of para-hydroxylation sites is 1. The molecular formula is C20H26BrNO3. The molecule has 4 saturated carbocycles. The number of aliphatic hydroxyl groups is 1. The Morgan fingerprint density at radius 3 is 2.48 bits per heavy atom. The molecule has 25 heavy (non-hydrogen) atoms. The molecule has 5 atom stereocenters. The fourth-order valence-electron chi connectivity index (χ4n) is 5.39. The van der Waals surface area contributed by atoms with Gasteiger partial charge in [0.2, 0.25) is 0 Å². The molecule has 2 N–H and O–H groups in total. The Bertz CT molecular complexity index is 673. The van der Waals surface area contributed by atoms with E-state index in [4.69, 9.17) is 4.74 Å². The molecule has 0 aliphatic heterocycles. The Labute approximate surface area is 157 Å². The summed E-state index contributed by atoms with van der Waals surface area (Å²) < 4.78 is 6.84. The minimum absolute atomic E-state index is 0.0762. The van der Waals surface area contributed by atoms with E-state index in [0.717, 1.165) is 36.6 Å². The van der Waals surface area contributed by atoms with Crippen molar-refractivity contribution in [1.82, 2.24) is 5.32 Å². The lowest BCUT2D eigenvalue weighted by molar-refractivity contribution is -0.152. The van der Waals surface area contributed by atoms with E-state index in [1.54, 1.807) is 0 Å². The third kappa shape index (κ3) is 3.21. The molecule has 0 saturated heterocycles. The van der Waals surface area contributed by atoms with Crippen molar-refractivity contribution in [3.8, 4) is 5.75 Å². The summed E-state index contributed by atoms with van der Waals surface area (Å²) in [5.74, 6) is 2.04. The molecule has 1 aromatic carbocycles. The monoisotopic (exact) mass is 407 g/mol. The molecule has 4 aliphatic rings. The van der Waals surface area contributed by atoms with Gasteiger partial charge in [-0.15, -0.1) is 0 Å². The molecule has 1 amide bonds. The summed E-state index contributed by atoms with van der Waals surface area (Å²) in [6.07, 6.45) is 4.88. The molecule has 1 aromatic rings. The number of nitrogens with one attached hydrogen (secondary N) is 1. The molecule has 4 nitrogen and oxygen atoms in total. The van der Waals surface area contributed by atoms with Gasteiger partial charge in [0.25, 0.3) is 5.91 Å². The number of ether oxygens (including phenoxy) is 1. The molecule has 4 bridgehead atoms. The van der Waals surface area contributed by atoms with Gasteiger partial charge in [-0.3, -0.25) is 4.79 Å². The van der Waals surface area contributed by atoms with Crippen LogP contribution in [0.15, 0.2) is 28.7 Å². The first-order valence-electron chi connectivity index (χ1n) is 9.23. The lowest BCUT2D eigenvalue weighted by Crippen LogP contribution is -2.63. The van der Waals surface area contributed by atoms with Crippen molar-refractivity contribution < 1.29 is 14.6 Å². The maximum atomic E-state index is 12.9. The quantitative estimate of drug-likeness (QED) is 0.800. The SMILES string of the molecule is CC(C)(Oc1ccccc1Br)C(=O)NC1[C@@H]2CC3C[C@H]1CC(O)(C3)C2. The van der Waals surface area contributed by atoms with E-state index in [1.807, 2.05) is 38.1 Å². The van der Waals surface area contributed by atoms with Crippen LogP contribution >= 0.6 is 15.9 Å². The Morgan fingerprint density at radius 1 is 1.24 bits per heavy atom. The Hall–Kier alpha value is -1.07. The number of rotatable bonds is 4. The number of carbonyl (C=O) groups is 1. The van der Waals surface area contributed by atoms with Crippen molar-refractivity contribution in [1.29, 1.82) is 0 Å². The van der Waals surface area contributed by atoms with Gasteiger partial charge in [-0.25, -0.2) is 0 Å². The molecule has 0 radical (unpaired) electrons. The van der Waals surface area contributed by atoms with E-state index < -0.39 is 11.2 Å². The average Bonchev–Trinajstić information content (AvgIpc) is 2.51. The number of hydrogen-bond acceptors (Lipinski definition) is 3. The lowest BCUT2D eigenvalue weighted by Gasteiger charge is -2.58. The molecule has 4 fully saturated rings. The first-order valence-corrected chi connectivity index (χ1v) is 10.0. The summed E-state index contributed by atoms with van der Waals surface area (Å²) in [7, 11) is 0. The van der Waals surface area contributed by atoms with Gasteiger partial charge in [0.05, 0.1) is 10.1 Å². The van der Waals surface area contributed by atoms with Gasteiger partial charge >= 0.3 is 0 Å². The predicted molar refractivity (Wildman–Crippen MR) is 99.3 cm³/mol. The van der Waals surface area contributed by atoms with E-state index in [-0.39, 0.29) is 11.9 Å². The molecule has 4 aliphatic carbocycles. The maximum absolute atomic E-state index is 12.9. The van der Waals surface area contributed by atoms with Crippen molar-refractivity contribution in [2.24, 2.45) is 17.8 Å². The van der Waals surface area contributed by atoms with Gasteiger partial charge in [0.1, 0.15) is 5.75 Å². The van der Waals surface area contributed by atoms with Crippen LogP contribution in [0.1, 0.15) is 46.0 Å². The molecule has 5 heteroatoms. The maximum Gasteiger partial charge on any atom is 0.263 e. The van der Waals surface area contributed by atoms with Crippen molar-refractivity contribution in [3.63, 3.8) is 0 Å². The van der Waals surface area contributed by atoms with Gasteiger partial charge in [-0.1, -0.05) is 12.1 Å². The second-order valence-corrected chi connectivity index (χ2v) is 9.59. The summed E-state index contributed by atoms with van der Waals surface area (Å²) in [5, 5.41) is 14.0. The molecule has 136 valence electrons. The lowest BCUT2D eigenvalue weighted by atomic mass is 9.52. The third-order valence-corrected chi connectivity index (χ3v) is 6.94. The number of carbonyl (C=O) groups excluding carboxylic acids is 1. The van der Waals surface area contributed by atoms with Crippen LogP contribution in [0.5, 0.6) is 5.75 Å². The fraction of sp³-hybridized carbons (Fsp3) is 0.650. The first kappa shape index (κ1) is 17.3. The van der Waals surface area contributed by atoms with Gasteiger partial charge < -0.3 is 15.2 Å². The molecule has 0 spiro atoms. The van der Waals surface area contributed by atoms with Crippen LogP contribution in [0.4, 0.5) is 0 Å². The van der Waals surface area contributed by atoms with Crippen molar-refractivity contribution in [3.05, 3.63) is 28.7 Å². The summed E-state index contributed by atoms with van der Waals surface area (Å²) in [6, 6.07) is 7.75. The van der Waals surface area contributed by atoms with Crippen LogP contribution in [0.25, 0.3) is 0 Å². The van der Waals surface area contributed by atoms with E-state index in [9.17, 15) is 9.90 Å². The van der Waals surface area contributed by atoms with Gasteiger partial charge in [0, 0.05) is 6.04 Å². The van der Waals surface area contributed by atoms with Crippen LogP contribution < -0.4 is 10.1 Å². The van der Waals surface area contributed by atoms with Crippen molar-refractivity contribution in [2.45, 2.75) is 63.2 Å². The van der Waals surface area contributed by atoms with Gasteiger partial charge in [-0.2, -0.15) is 0 Å². The van der Waals surface area contributed by atoms with E-state index in [1.165, 1.54) is 0 Å². The van der Waals surface area contributed by atoms with Crippen molar-refractivity contribution in [2.75, 3.05) is 0 Å². The minimum atomic E-state index is -0.949. The van der Waals surface area contributed by atoms with E-state index >= 15 is 0 Å². The number of halogens is 1. The fourth-order valence-corrected chi connectivity index (χ4v) is 5.76. The normalized spacial score (nSPS) is 36.3. The largest absolute Gasteiger partial charge is 0.477 e. The summed E-state index contributed by atoms with van der Waals surface area (Å²) in [4.78, 5) is 12.9. The molecule has 0 aromatic heterocycles. The second kappa shape index (κ2) is 5.98. The zero-order chi connectivity index (χ0) is 17.8. The smallest absolute Gasteiger partial charge is 0.263 e. The zero-order valence-electron chi connectivity index (χ0n) is 14.8. The summed E-state index contributed by atoms with van der Waals surface area (Å²) >= 11 is 3.47.